The highest BCUT2D eigenvalue weighted by Gasteiger charge is 2.42. The van der Waals surface area contributed by atoms with Gasteiger partial charge in [0.15, 0.2) is 11.0 Å². The number of aromatic nitrogens is 4. The second-order valence-corrected chi connectivity index (χ2v) is 10.8. The molecule has 34 heavy (non-hydrogen) atoms. The topological polar surface area (TPSA) is 81.9 Å². The van der Waals surface area contributed by atoms with Gasteiger partial charge in [-0.1, -0.05) is 18.2 Å². The molecule has 0 radical (unpaired) electrons. The van der Waals surface area contributed by atoms with Crippen molar-refractivity contribution in [2.45, 2.75) is 56.0 Å². The number of rotatable bonds is 8. The van der Waals surface area contributed by atoms with Gasteiger partial charge in [-0.2, -0.15) is 0 Å². The normalized spacial score (nSPS) is 23.0. The number of fused-ring (bicyclic) bond motifs is 2. The Morgan fingerprint density at radius 1 is 1.09 bits per heavy atom. The maximum atomic E-state index is 13.1. The first kappa shape index (κ1) is 22.9. The highest BCUT2D eigenvalue weighted by Crippen LogP contribution is 2.49. The Bertz CT molecular complexity index is 1130. The largest absolute Gasteiger partial charge is 0.497 e. The van der Waals surface area contributed by atoms with E-state index in [1.807, 2.05) is 47.9 Å². The zero-order valence-electron chi connectivity index (χ0n) is 19.8. The van der Waals surface area contributed by atoms with E-state index in [4.69, 9.17) is 4.74 Å². The molecule has 2 aromatic heterocycles. The summed E-state index contributed by atoms with van der Waals surface area (Å²) in [5.41, 5.74) is 1.82. The van der Waals surface area contributed by atoms with Crippen molar-refractivity contribution in [3.8, 4) is 22.8 Å². The van der Waals surface area contributed by atoms with Crippen LogP contribution in [-0.4, -0.2) is 44.1 Å². The Morgan fingerprint density at radius 2 is 1.85 bits per heavy atom. The second-order valence-electron chi connectivity index (χ2n) is 9.47. The summed E-state index contributed by atoms with van der Waals surface area (Å²) in [6.45, 7) is 4.11. The molecule has 2 bridgehead atoms. The Labute approximate surface area is 204 Å². The van der Waals surface area contributed by atoms with Crippen LogP contribution in [0.15, 0.2) is 53.9 Å². The monoisotopic (exact) mass is 477 g/mol. The first-order valence-electron chi connectivity index (χ1n) is 12.0. The minimum Gasteiger partial charge on any atom is -0.497 e. The summed E-state index contributed by atoms with van der Waals surface area (Å²) in [6.07, 6.45) is 8.77. The number of benzene rings is 1. The van der Waals surface area contributed by atoms with Crippen LogP contribution in [0, 0.1) is 17.8 Å². The Morgan fingerprint density at radius 3 is 2.50 bits per heavy atom. The standard InChI is InChI=1S/C26H31N5O2S/c1-16(23-15-18-4-5-20(23)14-18)28-25(32)17(2)34-26-30-29-24(19-10-12-27-13-11-19)31(26)21-6-8-22(33-3)9-7-21/h6-13,16-18,20,23H,4-5,14-15H2,1-3H3,(H,28,32). The maximum Gasteiger partial charge on any atom is 0.233 e. The van der Waals surface area contributed by atoms with Gasteiger partial charge in [0.25, 0.3) is 0 Å². The van der Waals surface area contributed by atoms with E-state index in [9.17, 15) is 4.79 Å². The lowest BCUT2D eigenvalue weighted by atomic mass is 9.84. The van der Waals surface area contributed by atoms with Gasteiger partial charge in [-0.3, -0.25) is 14.3 Å². The molecule has 2 aliphatic carbocycles. The van der Waals surface area contributed by atoms with Gasteiger partial charge < -0.3 is 10.1 Å². The molecule has 1 amide bonds. The number of methoxy groups -OCH3 is 1. The molecule has 5 atom stereocenters. The summed E-state index contributed by atoms with van der Waals surface area (Å²) < 4.78 is 7.31. The van der Waals surface area contributed by atoms with Crippen LogP contribution in [0.5, 0.6) is 5.75 Å². The number of amides is 1. The predicted molar refractivity (Wildman–Crippen MR) is 133 cm³/mol. The number of carbonyl (C=O) groups is 1. The molecular weight excluding hydrogens is 446 g/mol. The molecule has 2 saturated carbocycles. The van der Waals surface area contributed by atoms with E-state index in [0.29, 0.717) is 16.9 Å². The van der Waals surface area contributed by atoms with E-state index in [2.05, 4.69) is 27.4 Å². The van der Waals surface area contributed by atoms with Gasteiger partial charge in [0, 0.05) is 29.7 Å². The lowest BCUT2D eigenvalue weighted by Crippen LogP contribution is -2.43. The van der Waals surface area contributed by atoms with E-state index >= 15 is 0 Å². The molecule has 2 aliphatic rings. The van der Waals surface area contributed by atoms with Gasteiger partial charge in [-0.15, -0.1) is 10.2 Å². The van der Waals surface area contributed by atoms with E-state index < -0.39 is 0 Å². The van der Waals surface area contributed by atoms with E-state index in [1.165, 1.54) is 37.4 Å². The molecule has 2 fully saturated rings. The third-order valence-electron chi connectivity index (χ3n) is 7.36. The molecule has 2 heterocycles. The number of nitrogens with zero attached hydrogens (tertiary/aromatic N) is 4. The minimum atomic E-state index is -0.299. The van der Waals surface area contributed by atoms with Gasteiger partial charge in [-0.05, 0) is 87.3 Å². The van der Waals surface area contributed by atoms with Crippen molar-refractivity contribution in [3.05, 3.63) is 48.8 Å². The van der Waals surface area contributed by atoms with E-state index in [0.717, 1.165) is 28.8 Å². The van der Waals surface area contributed by atoms with Crippen molar-refractivity contribution in [2.24, 2.45) is 17.8 Å². The lowest BCUT2D eigenvalue weighted by molar-refractivity contribution is -0.121. The number of hydrogen-bond donors (Lipinski definition) is 1. The Balaban J connectivity index is 1.36. The van der Waals surface area contributed by atoms with Crippen LogP contribution in [0.2, 0.25) is 0 Å². The van der Waals surface area contributed by atoms with Gasteiger partial charge in [0.2, 0.25) is 5.91 Å². The van der Waals surface area contributed by atoms with Gasteiger partial charge in [0.1, 0.15) is 5.75 Å². The van der Waals surface area contributed by atoms with Gasteiger partial charge >= 0.3 is 0 Å². The number of pyridine rings is 1. The molecule has 0 spiro atoms. The lowest BCUT2D eigenvalue weighted by Gasteiger charge is -2.29. The summed E-state index contributed by atoms with van der Waals surface area (Å²) in [7, 11) is 1.65. The fourth-order valence-corrected chi connectivity index (χ4v) is 6.44. The average Bonchev–Trinajstić information content (AvgIpc) is 3.61. The number of ether oxygens (including phenoxy) is 1. The van der Waals surface area contributed by atoms with Crippen molar-refractivity contribution < 1.29 is 9.53 Å². The number of hydrogen-bond acceptors (Lipinski definition) is 6. The highest BCUT2D eigenvalue weighted by molar-refractivity contribution is 8.00. The summed E-state index contributed by atoms with van der Waals surface area (Å²) in [5, 5.41) is 12.6. The number of nitrogens with one attached hydrogen (secondary N) is 1. The van der Waals surface area contributed by atoms with Crippen LogP contribution in [0.1, 0.15) is 39.5 Å². The van der Waals surface area contributed by atoms with Gasteiger partial charge in [-0.25, -0.2) is 0 Å². The smallest absolute Gasteiger partial charge is 0.233 e. The van der Waals surface area contributed by atoms with E-state index in [1.54, 1.807) is 19.5 Å². The van der Waals surface area contributed by atoms with Crippen LogP contribution >= 0.6 is 11.8 Å². The SMILES string of the molecule is COc1ccc(-n2c(SC(C)C(=O)NC(C)C3CC4CCC3C4)nnc2-c2ccncc2)cc1. The highest BCUT2D eigenvalue weighted by atomic mass is 32.2. The number of carbonyl (C=O) groups excluding carboxylic acids is 1. The second kappa shape index (κ2) is 9.78. The summed E-state index contributed by atoms with van der Waals surface area (Å²) >= 11 is 1.43. The molecule has 8 heteroatoms. The van der Waals surface area contributed by atoms with Crippen LogP contribution < -0.4 is 10.1 Å². The minimum absolute atomic E-state index is 0.0509. The first-order valence-corrected chi connectivity index (χ1v) is 12.9. The summed E-state index contributed by atoms with van der Waals surface area (Å²) in [5.74, 6) is 3.80. The fraction of sp³-hybridized carbons (Fsp3) is 0.462. The Kier molecular flexibility index (Phi) is 6.59. The molecule has 5 unspecified atom stereocenters. The van der Waals surface area contributed by atoms with Crippen LogP contribution in [0.25, 0.3) is 17.1 Å². The van der Waals surface area contributed by atoms with Crippen molar-refractivity contribution in [2.75, 3.05) is 7.11 Å². The van der Waals surface area contributed by atoms with Gasteiger partial charge in [0.05, 0.1) is 12.4 Å². The molecule has 1 aromatic carbocycles. The van der Waals surface area contributed by atoms with Crippen LogP contribution in [0.4, 0.5) is 0 Å². The zero-order chi connectivity index (χ0) is 23.7. The molecule has 178 valence electrons. The van der Waals surface area contributed by atoms with E-state index in [-0.39, 0.29) is 17.2 Å². The molecule has 5 rings (SSSR count). The third kappa shape index (κ3) is 4.56. The molecule has 7 nitrogen and oxygen atoms in total. The summed E-state index contributed by atoms with van der Waals surface area (Å²) in [6, 6.07) is 11.8. The summed E-state index contributed by atoms with van der Waals surface area (Å²) in [4.78, 5) is 17.2. The fourth-order valence-electron chi connectivity index (χ4n) is 5.57. The first-order chi connectivity index (χ1) is 16.5. The molecular formula is C26H31N5O2S. The molecule has 0 aliphatic heterocycles. The van der Waals surface area contributed by atoms with Crippen LogP contribution in [0.3, 0.4) is 0 Å². The van der Waals surface area contributed by atoms with Crippen molar-refractivity contribution >= 4 is 17.7 Å². The predicted octanol–water partition coefficient (Wildman–Crippen LogP) is 4.76. The quantitative estimate of drug-likeness (QED) is 0.471. The third-order valence-corrected chi connectivity index (χ3v) is 8.40. The molecule has 1 N–H and O–H groups in total. The molecule has 0 saturated heterocycles. The maximum absolute atomic E-state index is 13.1. The van der Waals surface area contributed by atoms with Crippen molar-refractivity contribution in [1.82, 2.24) is 25.1 Å². The van der Waals surface area contributed by atoms with Crippen molar-refractivity contribution in [1.29, 1.82) is 0 Å². The average molecular weight is 478 g/mol. The molecule has 3 aromatic rings. The zero-order valence-corrected chi connectivity index (χ0v) is 20.7. The number of thioether (sulfide) groups is 1. The van der Waals surface area contributed by atoms with Crippen LogP contribution in [-0.2, 0) is 4.79 Å². The van der Waals surface area contributed by atoms with Crippen molar-refractivity contribution in [3.63, 3.8) is 0 Å². The Hall–Kier alpha value is -2.87.